The molecule has 0 aliphatic carbocycles. The minimum absolute atomic E-state index is 0.191. The summed E-state index contributed by atoms with van der Waals surface area (Å²) >= 11 is 0. The normalized spacial score (nSPS) is 10.6. The summed E-state index contributed by atoms with van der Waals surface area (Å²) in [6.45, 7) is 2.09. The topological polar surface area (TPSA) is 54.4 Å². The van der Waals surface area contributed by atoms with Crippen molar-refractivity contribution >= 4 is 0 Å². The second-order valence-electron chi connectivity index (χ2n) is 4.36. The highest BCUT2D eigenvalue weighted by atomic mass is 16.5. The maximum atomic E-state index is 9.15. The van der Waals surface area contributed by atoms with Crippen molar-refractivity contribution in [1.29, 1.82) is 0 Å². The Morgan fingerprint density at radius 3 is 2.74 bits per heavy atom. The Morgan fingerprint density at radius 2 is 2.00 bits per heavy atom. The van der Waals surface area contributed by atoms with Crippen molar-refractivity contribution in [3.8, 4) is 5.75 Å². The van der Waals surface area contributed by atoms with Gasteiger partial charge >= 0.3 is 0 Å². The highest BCUT2D eigenvalue weighted by Crippen LogP contribution is 2.08. The van der Waals surface area contributed by atoms with Crippen LogP contribution < -0.4 is 5.32 Å². The molecule has 0 spiro atoms. The van der Waals surface area contributed by atoms with Crippen molar-refractivity contribution in [3.05, 3.63) is 59.4 Å². The highest BCUT2D eigenvalue weighted by molar-refractivity contribution is 5.23. The van der Waals surface area contributed by atoms with Crippen LogP contribution in [0.1, 0.15) is 16.8 Å². The molecule has 19 heavy (non-hydrogen) atoms. The van der Waals surface area contributed by atoms with Crippen molar-refractivity contribution in [2.24, 2.45) is 0 Å². The Hall–Kier alpha value is -1.91. The van der Waals surface area contributed by atoms with Gasteiger partial charge in [-0.1, -0.05) is 24.3 Å². The fourth-order valence-electron chi connectivity index (χ4n) is 1.85. The van der Waals surface area contributed by atoms with E-state index in [1.165, 1.54) is 17.3 Å². The van der Waals surface area contributed by atoms with Crippen LogP contribution in [0.4, 0.5) is 0 Å². The maximum Gasteiger partial charge on any atom is 0.133 e. The Kier molecular flexibility index (Phi) is 4.89. The second kappa shape index (κ2) is 6.87. The molecule has 0 bridgehead atoms. The Morgan fingerprint density at radius 1 is 1.16 bits per heavy atom. The Bertz CT molecular complexity index is 512. The third kappa shape index (κ3) is 4.35. The molecule has 2 N–H and O–H groups in total. The van der Waals surface area contributed by atoms with Crippen LogP contribution in [-0.4, -0.2) is 17.2 Å². The summed E-state index contributed by atoms with van der Waals surface area (Å²) in [7, 11) is 1.70. The summed E-state index contributed by atoms with van der Waals surface area (Å²) in [5, 5.41) is 12.5. The van der Waals surface area contributed by atoms with Crippen molar-refractivity contribution in [2.45, 2.75) is 19.7 Å². The molecule has 4 heteroatoms. The number of methoxy groups -OCH3 is 1. The lowest BCUT2D eigenvalue weighted by molar-refractivity contribution is 0.185. The molecule has 100 valence electrons. The van der Waals surface area contributed by atoms with E-state index >= 15 is 0 Å². The number of nitrogens with one attached hydrogen (secondary N) is 1. The smallest absolute Gasteiger partial charge is 0.133 e. The lowest BCUT2D eigenvalue weighted by atomic mass is 10.1. The molecule has 1 heterocycles. The number of nitrogens with zero attached hydrogens (tertiary/aromatic N) is 1. The van der Waals surface area contributed by atoms with Crippen LogP contribution >= 0.6 is 0 Å². The molecule has 2 aromatic rings. The van der Waals surface area contributed by atoms with E-state index in [1.807, 2.05) is 12.1 Å². The van der Waals surface area contributed by atoms with Crippen LogP contribution in [0, 0.1) is 0 Å². The van der Waals surface area contributed by atoms with Gasteiger partial charge in [-0.15, -0.1) is 0 Å². The molecular weight excluding hydrogens is 240 g/mol. The van der Waals surface area contributed by atoms with E-state index in [9.17, 15) is 0 Å². The van der Waals surface area contributed by atoms with Crippen LogP contribution in [0.2, 0.25) is 0 Å². The summed E-state index contributed by atoms with van der Waals surface area (Å²) in [5.41, 5.74) is 3.30. The van der Waals surface area contributed by atoms with Crippen molar-refractivity contribution in [2.75, 3.05) is 7.11 Å². The number of hydrogen-bond donors (Lipinski definition) is 2. The third-order valence-corrected chi connectivity index (χ3v) is 2.75. The molecule has 0 saturated heterocycles. The van der Waals surface area contributed by atoms with E-state index < -0.39 is 0 Å². The average Bonchev–Trinajstić information content (AvgIpc) is 2.42. The molecular formula is C15H18N2O2. The van der Waals surface area contributed by atoms with Gasteiger partial charge in [0.2, 0.25) is 0 Å². The van der Waals surface area contributed by atoms with Gasteiger partial charge in [-0.2, -0.15) is 0 Å². The lowest BCUT2D eigenvalue weighted by Gasteiger charge is -2.06. The summed E-state index contributed by atoms with van der Waals surface area (Å²) in [6.07, 6.45) is 1.45. The number of aromatic hydroxyl groups is 1. The molecule has 1 aromatic heterocycles. The first-order valence-corrected chi connectivity index (χ1v) is 6.19. The van der Waals surface area contributed by atoms with Crippen molar-refractivity contribution in [3.63, 3.8) is 0 Å². The average molecular weight is 258 g/mol. The molecule has 0 unspecified atom stereocenters. The zero-order chi connectivity index (χ0) is 13.5. The van der Waals surface area contributed by atoms with E-state index in [0.717, 1.165) is 12.2 Å². The summed E-state index contributed by atoms with van der Waals surface area (Å²) in [5.74, 6) is 0.191. The predicted octanol–water partition coefficient (Wildman–Crippen LogP) is 2.22. The van der Waals surface area contributed by atoms with Crippen molar-refractivity contribution in [1.82, 2.24) is 10.3 Å². The fraction of sp³-hybridized carbons (Fsp3) is 0.267. The number of rotatable bonds is 6. The minimum Gasteiger partial charge on any atom is -0.506 e. The van der Waals surface area contributed by atoms with Crippen LogP contribution in [0.15, 0.2) is 42.6 Å². The first-order chi connectivity index (χ1) is 9.28. The summed E-state index contributed by atoms with van der Waals surface area (Å²) in [4.78, 5) is 4.12. The molecule has 0 fully saturated rings. The molecule has 4 nitrogen and oxygen atoms in total. The quantitative estimate of drug-likeness (QED) is 0.834. The van der Waals surface area contributed by atoms with Gasteiger partial charge in [0.25, 0.3) is 0 Å². The number of ether oxygens (including phenoxy) is 1. The SMILES string of the molecule is COCc1cccc(CNCc2ccc(O)cn2)c1. The molecule has 1 aromatic carbocycles. The number of benzene rings is 1. The molecule has 0 atom stereocenters. The minimum atomic E-state index is 0.191. The van der Waals surface area contributed by atoms with E-state index in [-0.39, 0.29) is 5.75 Å². The van der Waals surface area contributed by atoms with Gasteiger partial charge in [-0.05, 0) is 23.3 Å². The second-order valence-corrected chi connectivity index (χ2v) is 4.36. The van der Waals surface area contributed by atoms with Gasteiger partial charge < -0.3 is 15.2 Å². The van der Waals surface area contributed by atoms with Gasteiger partial charge in [0, 0.05) is 20.2 Å². The van der Waals surface area contributed by atoms with Crippen LogP contribution in [-0.2, 0) is 24.4 Å². The van der Waals surface area contributed by atoms with Gasteiger partial charge in [-0.25, -0.2) is 0 Å². The van der Waals surface area contributed by atoms with Gasteiger partial charge in [0.05, 0.1) is 18.5 Å². The van der Waals surface area contributed by atoms with E-state index in [0.29, 0.717) is 13.2 Å². The van der Waals surface area contributed by atoms with E-state index in [2.05, 4.69) is 28.5 Å². The van der Waals surface area contributed by atoms with E-state index in [4.69, 9.17) is 9.84 Å². The standard InChI is InChI=1S/C15H18N2O2/c1-19-11-13-4-2-3-12(7-13)8-16-9-14-5-6-15(18)10-17-14/h2-7,10,16,18H,8-9,11H2,1H3. The largest absolute Gasteiger partial charge is 0.506 e. The zero-order valence-corrected chi connectivity index (χ0v) is 11.0. The molecule has 0 radical (unpaired) electrons. The predicted molar refractivity (Wildman–Crippen MR) is 73.6 cm³/mol. The molecule has 0 aliphatic heterocycles. The number of hydrogen-bond acceptors (Lipinski definition) is 4. The van der Waals surface area contributed by atoms with Crippen molar-refractivity contribution < 1.29 is 9.84 Å². The first kappa shape index (κ1) is 13.5. The van der Waals surface area contributed by atoms with Crippen LogP contribution in [0.25, 0.3) is 0 Å². The highest BCUT2D eigenvalue weighted by Gasteiger charge is 1.98. The first-order valence-electron chi connectivity index (χ1n) is 6.19. The Balaban J connectivity index is 1.85. The lowest BCUT2D eigenvalue weighted by Crippen LogP contribution is -2.13. The van der Waals surface area contributed by atoms with Gasteiger partial charge in [0.1, 0.15) is 5.75 Å². The molecule has 0 saturated carbocycles. The monoisotopic (exact) mass is 258 g/mol. The fourth-order valence-corrected chi connectivity index (χ4v) is 1.85. The summed E-state index contributed by atoms with van der Waals surface area (Å²) in [6, 6.07) is 11.7. The van der Waals surface area contributed by atoms with Crippen LogP contribution in [0.5, 0.6) is 5.75 Å². The molecule has 2 rings (SSSR count). The molecule has 0 amide bonds. The van der Waals surface area contributed by atoms with Gasteiger partial charge in [-0.3, -0.25) is 4.98 Å². The number of aromatic nitrogens is 1. The number of pyridine rings is 1. The van der Waals surface area contributed by atoms with Crippen LogP contribution in [0.3, 0.4) is 0 Å². The Labute approximate surface area is 113 Å². The molecule has 0 aliphatic rings. The van der Waals surface area contributed by atoms with E-state index in [1.54, 1.807) is 13.2 Å². The zero-order valence-electron chi connectivity index (χ0n) is 11.0. The summed E-state index contributed by atoms with van der Waals surface area (Å²) < 4.78 is 5.11. The maximum absolute atomic E-state index is 9.15. The third-order valence-electron chi connectivity index (χ3n) is 2.75. The van der Waals surface area contributed by atoms with Gasteiger partial charge in [0.15, 0.2) is 0 Å².